The van der Waals surface area contributed by atoms with Gasteiger partial charge in [0.25, 0.3) is 5.91 Å². The Hall–Kier alpha value is -1.92. The Bertz CT molecular complexity index is 866. The van der Waals surface area contributed by atoms with Gasteiger partial charge >= 0.3 is 0 Å². The van der Waals surface area contributed by atoms with E-state index in [1.165, 1.54) is 74.3 Å². The molecule has 1 amide bonds. The number of nitrogens with one attached hydrogen (secondary N) is 1. The molecule has 0 aliphatic carbocycles. The van der Waals surface area contributed by atoms with Crippen LogP contribution in [0.5, 0.6) is 0 Å². The van der Waals surface area contributed by atoms with Crippen LogP contribution >= 0.6 is 11.6 Å². The zero-order valence-electron chi connectivity index (χ0n) is 16.1. The molecule has 0 spiro atoms. The Morgan fingerprint density at radius 1 is 1.29 bits per heavy atom. The number of carbonyl (C=O) groups excluding carboxylic acids is 1. The van der Waals surface area contributed by atoms with Gasteiger partial charge in [0.1, 0.15) is 5.82 Å². The minimum absolute atomic E-state index is 0.135. The number of halogens is 2. The van der Waals surface area contributed by atoms with Gasteiger partial charge < -0.3 is 10.2 Å². The predicted octanol–water partition coefficient (Wildman–Crippen LogP) is 3.97. The van der Waals surface area contributed by atoms with Gasteiger partial charge in [-0.1, -0.05) is 18.0 Å². The van der Waals surface area contributed by atoms with Crippen LogP contribution in [0, 0.1) is 18.7 Å². The van der Waals surface area contributed by atoms with Crippen molar-refractivity contribution in [2.45, 2.75) is 45.1 Å². The van der Waals surface area contributed by atoms with Crippen LogP contribution in [0.15, 0.2) is 24.4 Å². The van der Waals surface area contributed by atoms with Crippen molar-refractivity contribution >= 4 is 17.5 Å². The lowest BCUT2D eigenvalue weighted by atomic mass is 9.83. The average molecular weight is 405 g/mol. The van der Waals surface area contributed by atoms with Gasteiger partial charge in [0.2, 0.25) is 0 Å². The van der Waals surface area contributed by atoms with E-state index in [4.69, 9.17) is 11.6 Å². The van der Waals surface area contributed by atoms with Gasteiger partial charge in [0, 0.05) is 18.7 Å². The molecule has 2 aromatic rings. The Kier molecular flexibility index (Phi) is 5.69. The molecule has 1 aromatic carbocycles. The first-order valence-corrected chi connectivity index (χ1v) is 10.4. The molecule has 2 saturated heterocycles. The van der Waals surface area contributed by atoms with Gasteiger partial charge in [-0.3, -0.25) is 4.79 Å². The third-order valence-corrected chi connectivity index (χ3v) is 6.46. The van der Waals surface area contributed by atoms with Gasteiger partial charge in [0.05, 0.1) is 28.2 Å². The molecule has 4 rings (SSSR count). The van der Waals surface area contributed by atoms with E-state index in [1.54, 1.807) is 6.92 Å². The van der Waals surface area contributed by atoms with Crippen molar-refractivity contribution < 1.29 is 9.18 Å². The number of nitrogens with zero attached hydrogens (tertiary/aromatic N) is 3. The molecule has 1 N–H and O–H groups in total. The van der Waals surface area contributed by atoms with E-state index in [1.807, 2.05) is 0 Å². The molecule has 2 aliphatic rings. The number of hydrogen-bond donors (Lipinski definition) is 1. The molecular formula is C21H26ClFN4O. The van der Waals surface area contributed by atoms with Gasteiger partial charge in [-0.15, -0.1) is 0 Å². The number of rotatable bonds is 4. The number of aromatic nitrogens is 2. The standard InChI is InChI=1S/C21H26ClFN4O/c1-14-17(13-25-27(14)20-11-16(23)7-8-18(20)22)21(28)24-12-15-5-4-10-26-9-3-2-6-19(15)26/h7-8,11,13,15,19H,2-6,9-10,12H2,1H3,(H,24,28). The zero-order chi connectivity index (χ0) is 19.7. The van der Waals surface area contributed by atoms with Crippen molar-refractivity contribution in [1.82, 2.24) is 20.0 Å². The van der Waals surface area contributed by atoms with Crippen LogP contribution in [0.25, 0.3) is 5.69 Å². The van der Waals surface area contributed by atoms with E-state index in [0.717, 1.165) is 0 Å². The molecular weight excluding hydrogens is 379 g/mol. The van der Waals surface area contributed by atoms with E-state index >= 15 is 0 Å². The number of amides is 1. The van der Waals surface area contributed by atoms with E-state index < -0.39 is 5.82 Å². The Labute approximate surface area is 169 Å². The number of fused-ring (bicyclic) bond motifs is 1. The molecule has 0 radical (unpaired) electrons. The summed E-state index contributed by atoms with van der Waals surface area (Å²) in [5.41, 5.74) is 1.58. The van der Waals surface area contributed by atoms with Gasteiger partial charge in [-0.2, -0.15) is 5.10 Å². The van der Waals surface area contributed by atoms with Crippen LogP contribution in [0.3, 0.4) is 0 Å². The highest BCUT2D eigenvalue weighted by Gasteiger charge is 2.33. The van der Waals surface area contributed by atoms with Crippen molar-refractivity contribution in [2.24, 2.45) is 5.92 Å². The van der Waals surface area contributed by atoms with Crippen LogP contribution in [0.2, 0.25) is 5.02 Å². The summed E-state index contributed by atoms with van der Waals surface area (Å²) in [6, 6.07) is 4.71. The maximum Gasteiger partial charge on any atom is 0.254 e. The highest BCUT2D eigenvalue weighted by molar-refractivity contribution is 6.32. The van der Waals surface area contributed by atoms with E-state index in [2.05, 4.69) is 15.3 Å². The molecule has 28 heavy (non-hydrogen) atoms. The number of carbonyl (C=O) groups is 1. The second kappa shape index (κ2) is 8.21. The van der Waals surface area contributed by atoms with Crippen molar-refractivity contribution in [1.29, 1.82) is 0 Å². The Morgan fingerprint density at radius 2 is 2.11 bits per heavy atom. The van der Waals surface area contributed by atoms with Crippen LogP contribution in [-0.2, 0) is 0 Å². The summed E-state index contributed by atoms with van der Waals surface area (Å²) in [6.45, 7) is 4.86. The molecule has 0 bridgehead atoms. The number of benzene rings is 1. The first-order valence-electron chi connectivity index (χ1n) is 10.1. The lowest BCUT2D eigenvalue weighted by Crippen LogP contribution is -2.51. The summed E-state index contributed by atoms with van der Waals surface area (Å²) in [5.74, 6) is -0.0233. The fourth-order valence-corrected chi connectivity index (χ4v) is 4.86. The maximum absolute atomic E-state index is 13.6. The molecule has 3 heterocycles. The second-order valence-electron chi connectivity index (χ2n) is 7.86. The van der Waals surface area contributed by atoms with Gasteiger partial charge in [-0.05, 0) is 63.7 Å². The molecule has 2 fully saturated rings. The molecule has 7 heteroatoms. The summed E-state index contributed by atoms with van der Waals surface area (Å²) in [4.78, 5) is 15.4. The lowest BCUT2D eigenvalue weighted by Gasteiger charge is -2.44. The Balaban J connectivity index is 1.45. The van der Waals surface area contributed by atoms with Crippen molar-refractivity contribution in [3.8, 4) is 5.69 Å². The van der Waals surface area contributed by atoms with Crippen LogP contribution in [0.1, 0.15) is 48.2 Å². The molecule has 2 atom stereocenters. The minimum Gasteiger partial charge on any atom is -0.352 e. The fourth-order valence-electron chi connectivity index (χ4n) is 4.66. The summed E-state index contributed by atoms with van der Waals surface area (Å²) in [5, 5.41) is 7.76. The molecule has 0 saturated carbocycles. The molecule has 5 nitrogen and oxygen atoms in total. The zero-order valence-corrected chi connectivity index (χ0v) is 16.9. The average Bonchev–Trinajstić information content (AvgIpc) is 3.09. The Morgan fingerprint density at radius 3 is 2.96 bits per heavy atom. The van der Waals surface area contributed by atoms with Crippen LogP contribution in [-0.4, -0.2) is 46.3 Å². The molecule has 150 valence electrons. The first-order chi connectivity index (χ1) is 13.5. The van der Waals surface area contributed by atoms with E-state index in [-0.39, 0.29) is 5.91 Å². The normalized spacial score (nSPS) is 22.7. The van der Waals surface area contributed by atoms with Crippen molar-refractivity contribution in [3.63, 3.8) is 0 Å². The van der Waals surface area contributed by atoms with Gasteiger partial charge in [-0.25, -0.2) is 9.07 Å². The number of hydrogen-bond acceptors (Lipinski definition) is 3. The molecule has 2 aliphatic heterocycles. The summed E-state index contributed by atoms with van der Waals surface area (Å²) < 4.78 is 15.1. The molecule has 2 unspecified atom stereocenters. The van der Waals surface area contributed by atoms with Crippen LogP contribution in [0.4, 0.5) is 4.39 Å². The topological polar surface area (TPSA) is 50.2 Å². The predicted molar refractivity (Wildman–Crippen MR) is 108 cm³/mol. The largest absolute Gasteiger partial charge is 0.352 e. The lowest BCUT2D eigenvalue weighted by molar-refractivity contribution is 0.0575. The monoisotopic (exact) mass is 404 g/mol. The SMILES string of the molecule is Cc1c(C(=O)NCC2CCCN3CCCCC23)cnn1-c1cc(F)ccc1Cl. The third-order valence-electron chi connectivity index (χ3n) is 6.14. The second-order valence-corrected chi connectivity index (χ2v) is 8.27. The smallest absolute Gasteiger partial charge is 0.254 e. The summed E-state index contributed by atoms with van der Waals surface area (Å²) >= 11 is 6.19. The third kappa shape index (κ3) is 3.80. The minimum atomic E-state index is -0.394. The van der Waals surface area contributed by atoms with Crippen LogP contribution < -0.4 is 5.32 Å². The van der Waals surface area contributed by atoms with E-state index in [9.17, 15) is 9.18 Å². The van der Waals surface area contributed by atoms with Crippen molar-refractivity contribution in [2.75, 3.05) is 19.6 Å². The van der Waals surface area contributed by atoms with Crippen molar-refractivity contribution in [3.05, 3.63) is 46.5 Å². The maximum atomic E-state index is 13.6. The fraction of sp³-hybridized carbons (Fsp3) is 0.524. The molecule has 1 aromatic heterocycles. The number of piperidine rings is 2. The van der Waals surface area contributed by atoms with Gasteiger partial charge in [0.15, 0.2) is 0 Å². The van der Waals surface area contributed by atoms with E-state index in [0.29, 0.717) is 40.5 Å². The summed E-state index contributed by atoms with van der Waals surface area (Å²) in [7, 11) is 0. The quantitative estimate of drug-likeness (QED) is 0.838. The first kappa shape index (κ1) is 19.4. The summed E-state index contributed by atoms with van der Waals surface area (Å²) in [6.07, 6.45) is 7.70. The highest BCUT2D eigenvalue weighted by atomic mass is 35.5. The highest BCUT2D eigenvalue weighted by Crippen LogP contribution is 2.30.